The highest BCUT2D eigenvalue weighted by Crippen LogP contribution is 1.87. The molecule has 0 saturated heterocycles. The highest BCUT2D eigenvalue weighted by Gasteiger charge is 1.97. The smallest absolute Gasteiger partial charge is 0.0224 e. The predicted molar refractivity (Wildman–Crippen MR) is 42.5 cm³/mol. The Kier molecular flexibility index (Phi) is 4.06. The zero-order valence-corrected chi connectivity index (χ0v) is 6.22. The molecule has 2 unspecified atom stereocenters. The number of hydrogen-bond donors (Lipinski definition) is 1. The van der Waals surface area contributed by atoms with Crippen molar-refractivity contribution in [3.63, 3.8) is 0 Å². The van der Waals surface area contributed by atoms with Gasteiger partial charge < -0.3 is 5.32 Å². The number of hydrogen-bond acceptors (Lipinski definition) is 1. The Labute approximate surface area is 57.5 Å². The number of nitrogens with one attached hydrogen (secondary N) is 1. The molecule has 0 spiro atoms. The van der Waals surface area contributed by atoms with Gasteiger partial charge in [0.15, 0.2) is 0 Å². The second-order valence-corrected chi connectivity index (χ2v) is 2.22. The molecule has 0 saturated carbocycles. The van der Waals surface area contributed by atoms with Crippen molar-refractivity contribution < 1.29 is 0 Å². The molecule has 52 valence electrons. The molecule has 0 heterocycles. The molecule has 0 aliphatic carbocycles. The lowest BCUT2D eigenvalue weighted by atomic mass is 10.2. The number of rotatable bonds is 4. The average Bonchev–Trinajstić information content (AvgIpc) is 1.87. The molecule has 9 heavy (non-hydrogen) atoms. The minimum absolute atomic E-state index is 0.373. The molecule has 1 N–H and O–H groups in total. The summed E-state index contributed by atoms with van der Waals surface area (Å²) in [5.41, 5.74) is 0. The summed E-state index contributed by atoms with van der Waals surface area (Å²) in [5.74, 6) is 0. The zero-order valence-electron chi connectivity index (χ0n) is 6.22. The van der Waals surface area contributed by atoms with E-state index in [1.807, 2.05) is 12.2 Å². The van der Waals surface area contributed by atoms with Gasteiger partial charge in [0, 0.05) is 12.1 Å². The predicted octanol–water partition coefficient (Wildman–Crippen LogP) is 1.73. The van der Waals surface area contributed by atoms with Gasteiger partial charge in [-0.1, -0.05) is 12.2 Å². The van der Waals surface area contributed by atoms with E-state index in [0.29, 0.717) is 12.1 Å². The molecule has 0 aromatic rings. The van der Waals surface area contributed by atoms with Crippen LogP contribution in [0.5, 0.6) is 0 Å². The molecular weight excluding hydrogens is 110 g/mol. The third-order valence-electron chi connectivity index (χ3n) is 1.23. The molecule has 0 amide bonds. The van der Waals surface area contributed by atoms with E-state index in [1.54, 1.807) is 0 Å². The van der Waals surface area contributed by atoms with Crippen LogP contribution >= 0.6 is 0 Å². The minimum Gasteiger partial charge on any atom is -0.305 e. The summed E-state index contributed by atoms with van der Waals surface area (Å²) in [6.07, 6.45) is 3.75. The lowest BCUT2D eigenvalue weighted by Gasteiger charge is -2.12. The van der Waals surface area contributed by atoms with Gasteiger partial charge in [0.25, 0.3) is 0 Å². The summed E-state index contributed by atoms with van der Waals surface area (Å²) in [4.78, 5) is 0. The van der Waals surface area contributed by atoms with Crippen LogP contribution in [0.1, 0.15) is 13.8 Å². The maximum absolute atomic E-state index is 3.65. The highest BCUT2D eigenvalue weighted by molar-refractivity contribution is 4.89. The van der Waals surface area contributed by atoms with E-state index >= 15 is 0 Å². The first-order chi connectivity index (χ1) is 4.20. The van der Waals surface area contributed by atoms with Crippen LogP contribution < -0.4 is 5.32 Å². The normalized spacial score (nSPS) is 16.2. The molecule has 0 aliphatic rings. The quantitative estimate of drug-likeness (QED) is 0.564. The first-order valence-corrected chi connectivity index (χ1v) is 3.22. The summed E-state index contributed by atoms with van der Waals surface area (Å²) in [6, 6.07) is 0.746. The third-order valence-corrected chi connectivity index (χ3v) is 1.23. The Bertz CT molecular complexity index is 84.7. The summed E-state index contributed by atoms with van der Waals surface area (Å²) < 4.78 is 0. The lowest BCUT2D eigenvalue weighted by Crippen LogP contribution is -2.31. The van der Waals surface area contributed by atoms with E-state index in [1.165, 1.54) is 0 Å². The van der Waals surface area contributed by atoms with Gasteiger partial charge in [-0.2, -0.15) is 0 Å². The Morgan fingerprint density at radius 3 is 1.67 bits per heavy atom. The fourth-order valence-electron chi connectivity index (χ4n) is 0.551. The fraction of sp³-hybridized carbons (Fsp3) is 0.500. The Morgan fingerprint density at radius 1 is 1.11 bits per heavy atom. The lowest BCUT2D eigenvalue weighted by molar-refractivity contribution is 0.587. The highest BCUT2D eigenvalue weighted by atomic mass is 14.9. The van der Waals surface area contributed by atoms with Gasteiger partial charge in [-0.3, -0.25) is 0 Å². The molecule has 0 aromatic heterocycles. The second-order valence-electron chi connectivity index (χ2n) is 2.22. The molecule has 0 aliphatic heterocycles. The van der Waals surface area contributed by atoms with Crippen LogP contribution in [0.3, 0.4) is 0 Å². The minimum atomic E-state index is 0.373. The monoisotopic (exact) mass is 125 g/mol. The average molecular weight is 125 g/mol. The molecule has 0 aromatic carbocycles. The van der Waals surface area contributed by atoms with E-state index < -0.39 is 0 Å². The van der Waals surface area contributed by atoms with Gasteiger partial charge in [0.1, 0.15) is 0 Å². The van der Waals surface area contributed by atoms with Crippen LogP contribution in [0.25, 0.3) is 0 Å². The van der Waals surface area contributed by atoms with Gasteiger partial charge in [-0.25, -0.2) is 0 Å². The van der Waals surface area contributed by atoms with E-state index in [4.69, 9.17) is 0 Å². The molecular formula is C8H15N. The van der Waals surface area contributed by atoms with Crippen molar-refractivity contribution in [1.29, 1.82) is 0 Å². The summed E-state index contributed by atoms with van der Waals surface area (Å²) >= 11 is 0. The van der Waals surface area contributed by atoms with Crippen molar-refractivity contribution in [2.75, 3.05) is 0 Å². The van der Waals surface area contributed by atoms with Crippen molar-refractivity contribution >= 4 is 0 Å². The zero-order chi connectivity index (χ0) is 7.28. The molecule has 2 atom stereocenters. The van der Waals surface area contributed by atoms with Crippen LogP contribution in [0.2, 0.25) is 0 Å². The van der Waals surface area contributed by atoms with Crippen LogP contribution in [-0.4, -0.2) is 12.1 Å². The Morgan fingerprint density at radius 2 is 1.44 bits per heavy atom. The Hall–Kier alpha value is -0.560. The second kappa shape index (κ2) is 4.33. The van der Waals surface area contributed by atoms with Gasteiger partial charge in [-0.05, 0) is 13.8 Å². The molecule has 0 rings (SSSR count). The van der Waals surface area contributed by atoms with Gasteiger partial charge in [0.2, 0.25) is 0 Å². The Balaban J connectivity index is 3.45. The van der Waals surface area contributed by atoms with Crippen LogP contribution in [0.15, 0.2) is 25.3 Å². The maximum atomic E-state index is 3.65. The van der Waals surface area contributed by atoms with E-state index in [2.05, 4.69) is 32.3 Å². The van der Waals surface area contributed by atoms with Crippen LogP contribution in [0.4, 0.5) is 0 Å². The van der Waals surface area contributed by atoms with Crippen molar-refractivity contribution in [3.05, 3.63) is 25.3 Å². The summed E-state index contributed by atoms with van der Waals surface area (Å²) in [7, 11) is 0. The van der Waals surface area contributed by atoms with Crippen molar-refractivity contribution in [3.8, 4) is 0 Å². The molecule has 1 nitrogen and oxygen atoms in total. The molecule has 0 bridgehead atoms. The first kappa shape index (κ1) is 8.44. The first-order valence-electron chi connectivity index (χ1n) is 3.22. The van der Waals surface area contributed by atoms with Crippen molar-refractivity contribution in [2.45, 2.75) is 25.9 Å². The van der Waals surface area contributed by atoms with Crippen molar-refractivity contribution in [1.82, 2.24) is 5.32 Å². The topological polar surface area (TPSA) is 12.0 Å². The van der Waals surface area contributed by atoms with E-state index in [0.717, 1.165) is 0 Å². The van der Waals surface area contributed by atoms with Crippen molar-refractivity contribution in [2.24, 2.45) is 0 Å². The fourth-order valence-corrected chi connectivity index (χ4v) is 0.551. The standard InChI is InChI=1S/C8H15N/c1-5-7(3)9-8(4)6-2/h5-9H,1-2H2,3-4H3. The summed E-state index contributed by atoms with van der Waals surface area (Å²) in [6.45, 7) is 11.4. The van der Waals surface area contributed by atoms with Crippen LogP contribution in [0, 0.1) is 0 Å². The van der Waals surface area contributed by atoms with Gasteiger partial charge >= 0.3 is 0 Å². The van der Waals surface area contributed by atoms with E-state index in [-0.39, 0.29) is 0 Å². The molecule has 1 heteroatoms. The summed E-state index contributed by atoms with van der Waals surface area (Å²) in [5, 5.41) is 3.24. The SMILES string of the molecule is C=CC(C)NC(C)C=C. The maximum Gasteiger partial charge on any atom is 0.0224 e. The molecule has 0 fully saturated rings. The van der Waals surface area contributed by atoms with Gasteiger partial charge in [0.05, 0.1) is 0 Å². The van der Waals surface area contributed by atoms with E-state index in [9.17, 15) is 0 Å². The van der Waals surface area contributed by atoms with Gasteiger partial charge in [-0.15, -0.1) is 13.2 Å². The largest absolute Gasteiger partial charge is 0.305 e. The van der Waals surface area contributed by atoms with Crippen LogP contribution in [-0.2, 0) is 0 Å². The third kappa shape index (κ3) is 3.98. The molecule has 0 radical (unpaired) electrons.